The first-order valence-electron chi connectivity index (χ1n) is 11.8. The van der Waals surface area contributed by atoms with Crippen molar-refractivity contribution in [2.75, 3.05) is 23.4 Å². The summed E-state index contributed by atoms with van der Waals surface area (Å²) in [5.74, 6) is 0.369. The number of hydrogen-bond donors (Lipinski definition) is 3. The fourth-order valence-corrected chi connectivity index (χ4v) is 4.49. The molecule has 0 radical (unpaired) electrons. The maximum Gasteiger partial charge on any atom is 0.263 e. The quantitative estimate of drug-likeness (QED) is 0.304. The third-order valence-corrected chi connectivity index (χ3v) is 6.28. The second kappa shape index (κ2) is 9.84. The van der Waals surface area contributed by atoms with E-state index in [4.69, 9.17) is 5.73 Å². The van der Waals surface area contributed by atoms with Crippen LogP contribution >= 0.6 is 0 Å². The molecule has 5 aromatic rings. The number of fused-ring (bicyclic) bond motifs is 1. The molecule has 3 aromatic carbocycles. The number of anilines is 3. The topological polar surface area (TPSA) is 122 Å². The Hall–Kier alpha value is -5.16. The summed E-state index contributed by atoms with van der Waals surface area (Å²) < 4.78 is 1.71. The minimum Gasteiger partial charge on any atom is -0.388 e. The van der Waals surface area contributed by atoms with Gasteiger partial charge in [-0.15, -0.1) is 0 Å². The molecule has 0 saturated carbocycles. The highest BCUT2D eigenvalue weighted by Gasteiger charge is 2.20. The predicted molar refractivity (Wildman–Crippen MR) is 148 cm³/mol. The number of pyridine rings is 1. The summed E-state index contributed by atoms with van der Waals surface area (Å²) in [5, 5.41) is 17.4. The lowest BCUT2D eigenvalue weighted by Crippen LogP contribution is -2.26. The van der Waals surface area contributed by atoms with Crippen LogP contribution in [0, 0.1) is 11.3 Å². The minimum atomic E-state index is -0.394. The molecule has 8 nitrogen and oxygen atoms in total. The Balaban J connectivity index is 1.74. The first-order chi connectivity index (χ1) is 18.0. The Kier molecular flexibility index (Phi) is 6.27. The van der Waals surface area contributed by atoms with Gasteiger partial charge in [-0.25, -0.2) is 4.98 Å². The lowest BCUT2D eigenvalue weighted by Gasteiger charge is -2.22. The Morgan fingerprint density at radius 2 is 1.81 bits per heavy atom. The number of nitrogens with two attached hydrogens (primary N) is 1. The van der Waals surface area contributed by atoms with E-state index in [0.29, 0.717) is 16.9 Å². The monoisotopic (exact) mass is 487 g/mol. The third kappa shape index (κ3) is 4.46. The van der Waals surface area contributed by atoms with Crippen molar-refractivity contribution in [3.05, 3.63) is 107 Å². The molecular formula is C29H25N7O. The summed E-state index contributed by atoms with van der Waals surface area (Å²) in [6, 6.07) is 27.1. The van der Waals surface area contributed by atoms with E-state index in [0.717, 1.165) is 27.9 Å². The maximum atomic E-state index is 14.3. The zero-order chi connectivity index (χ0) is 25.9. The van der Waals surface area contributed by atoms with Crippen LogP contribution < -0.4 is 21.9 Å². The van der Waals surface area contributed by atoms with E-state index in [9.17, 15) is 10.1 Å². The van der Waals surface area contributed by atoms with Crippen molar-refractivity contribution in [1.29, 1.82) is 5.26 Å². The van der Waals surface area contributed by atoms with Crippen molar-refractivity contribution in [2.24, 2.45) is 0 Å². The SMILES string of the molecule is CNc1cccc(-c2cccc3cc(C(C)Nc4nc(N)ncc4C#N)n(-c4ccccc4)c(=O)c23)c1. The normalized spacial score (nSPS) is 11.6. The van der Waals surface area contributed by atoms with E-state index in [2.05, 4.69) is 26.7 Å². The van der Waals surface area contributed by atoms with Crippen LogP contribution in [0.5, 0.6) is 0 Å². The number of nitrogens with one attached hydrogen (secondary N) is 2. The Labute approximate surface area is 214 Å². The maximum absolute atomic E-state index is 14.3. The van der Waals surface area contributed by atoms with Crippen LogP contribution in [0.4, 0.5) is 17.5 Å². The molecule has 0 spiro atoms. The van der Waals surface area contributed by atoms with Crippen molar-refractivity contribution >= 4 is 28.2 Å². The van der Waals surface area contributed by atoms with Crippen LogP contribution in [0.2, 0.25) is 0 Å². The van der Waals surface area contributed by atoms with E-state index < -0.39 is 6.04 Å². The van der Waals surface area contributed by atoms with Gasteiger partial charge in [0.2, 0.25) is 5.95 Å². The molecule has 0 amide bonds. The standard InChI is InChI=1S/C29H25N7O/c1-18(34-27-21(16-30)17-33-29(31)35-27)25-15-20-9-7-13-24(19-8-6-10-22(14-19)32-2)26(20)28(37)36(25)23-11-4-3-5-12-23/h3-15,17-18,32H,1-2H3,(H3,31,33,34,35). The molecule has 2 heterocycles. The summed E-state index contributed by atoms with van der Waals surface area (Å²) >= 11 is 0. The average Bonchev–Trinajstić information content (AvgIpc) is 2.93. The number of nitrogen functional groups attached to an aromatic ring is 1. The number of nitrogens with zero attached hydrogens (tertiary/aromatic N) is 4. The van der Waals surface area contributed by atoms with Gasteiger partial charge in [-0.1, -0.05) is 48.5 Å². The van der Waals surface area contributed by atoms with Gasteiger partial charge < -0.3 is 16.4 Å². The summed E-state index contributed by atoms with van der Waals surface area (Å²) in [6.45, 7) is 1.92. The number of aromatic nitrogens is 3. The summed E-state index contributed by atoms with van der Waals surface area (Å²) in [5.41, 5.74) is 10.1. The summed E-state index contributed by atoms with van der Waals surface area (Å²) in [7, 11) is 1.87. The van der Waals surface area contributed by atoms with Gasteiger partial charge in [0.05, 0.1) is 17.6 Å². The van der Waals surface area contributed by atoms with E-state index >= 15 is 0 Å². The molecule has 0 aliphatic heterocycles. The second-order valence-electron chi connectivity index (χ2n) is 8.61. The van der Waals surface area contributed by atoms with Crippen molar-refractivity contribution in [2.45, 2.75) is 13.0 Å². The Morgan fingerprint density at radius 3 is 2.57 bits per heavy atom. The smallest absolute Gasteiger partial charge is 0.263 e. The highest BCUT2D eigenvalue weighted by atomic mass is 16.1. The van der Waals surface area contributed by atoms with Crippen molar-refractivity contribution in [1.82, 2.24) is 14.5 Å². The molecule has 8 heteroatoms. The van der Waals surface area contributed by atoms with Crippen LogP contribution in [0.25, 0.3) is 27.6 Å². The lowest BCUT2D eigenvalue weighted by atomic mass is 9.97. The zero-order valence-corrected chi connectivity index (χ0v) is 20.4. The van der Waals surface area contributed by atoms with E-state index in [1.807, 2.05) is 92.8 Å². The van der Waals surface area contributed by atoms with Crippen molar-refractivity contribution in [3.63, 3.8) is 0 Å². The highest BCUT2D eigenvalue weighted by Crippen LogP contribution is 2.31. The number of para-hydroxylation sites is 1. The predicted octanol–water partition coefficient (Wildman–Crippen LogP) is 5.12. The van der Waals surface area contributed by atoms with E-state index in [1.54, 1.807) is 4.57 Å². The van der Waals surface area contributed by atoms with Gasteiger partial charge in [0.25, 0.3) is 5.56 Å². The van der Waals surface area contributed by atoms with Gasteiger partial charge in [0.15, 0.2) is 0 Å². The van der Waals surface area contributed by atoms with E-state index in [-0.39, 0.29) is 17.1 Å². The molecule has 0 fully saturated rings. The second-order valence-corrected chi connectivity index (χ2v) is 8.61. The molecule has 2 aromatic heterocycles. The van der Waals surface area contributed by atoms with Crippen LogP contribution in [-0.2, 0) is 0 Å². The summed E-state index contributed by atoms with van der Waals surface area (Å²) in [4.78, 5) is 22.4. The van der Waals surface area contributed by atoms with Crippen LogP contribution in [0.1, 0.15) is 24.2 Å². The molecule has 0 saturated heterocycles. The van der Waals surface area contributed by atoms with Gasteiger partial charge in [0.1, 0.15) is 17.5 Å². The molecule has 5 rings (SSSR count). The van der Waals surface area contributed by atoms with Crippen molar-refractivity contribution in [3.8, 4) is 22.9 Å². The minimum absolute atomic E-state index is 0.0566. The Morgan fingerprint density at radius 1 is 1.03 bits per heavy atom. The summed E-state index contributed by atoms with van der Waals surface area (Å²) in [6.07, 6.45) is 1.38. The van der Waals surface area contributed by atoms with Gasteiger partial charge in [-0.05, 0) is 53.8 Å². The van der Waals surface area contributed by atoms with Crippen LogP contribution in [0.15, 0.2) is 89.9 Å². The number of nitriles is 1. The molecule has 0 aliphatic rings. The van der Waals surface area contributed by atoms with Gasteiger partial charge in [0, 0.05) is 24.1 Å². The molecule has 1 atom stereocenters. The van der Waals surface area contributed by atoms with Crippen LogP contribution in [-0.4, -0.2) is 21.6 Å². The lowest BCUT2D eigenvalue weighted by molar-refractivity contribution is 0.772. The highest BCUT2D eigenvalue weighted by molar-refractivity contribution is 5.97. The zero-order valence-electron chi connectivity index (χ0n) is 20.4. The van der Waals surface area contributed by atoms with E-state index in [1.165, 1.54) is 6.20 Å². The molecule has 0 bridgehead atoms. The first-order valence-corrected chi connectivity index (χ1v) is 11.8. The third-order valence-electron chi connectivity index (χ3n) is 6.28. The van der Waals surface area contributed by atoms with Gasteiger partial charge in [-0.2, -0.15) is 10.2 Å². The van der Waals surface area contributed by atoms with Gasteiger partial charge in [-0.3, -0.25) is 9.36 Å². The molecule has 4 N–H and O–H groups in total. The molecule has 0 aliphatic carbocycles. The first kappa shape index (κ1) is 23.6. The average molecular weight is 488 g/mol. The van der Waals surface area contributed by atoms with Gasteiger partial charge >= 0.3 is 0 Å². The number of hydrogen-bond acceptors (Lipinski definition) is 7. The molecule has 37 heavy (non-hydrogen) atoms. The fourth-order valence-electron chi connectivity index (χ4n) is 4.49. The molecule has 182 valence electrons. The van der Waals surface area contributed by atoms with Crippen LogP contribution in [0.3, 0.4) is 0 Å². The Bertz CT molecular complexity index is 1700. The van der Waals surface area contributed by atoms with Crippen molar-refractivity contribution < 1.29 is 0 Å². The molecular weight excluding hydrogens is 462 g/mol. The number of rotatable bonds is 6. The molecule has 1 unspecified atom stereocenters. The largest absolute Gasteiger partial charge is 0.388 e. The number of benzene rings is 3. The fraction of sp³-hybridized carbons (Fsp3) is 0.103.